The predicted octanol–water partition coefficient (Wildman–Crippen LogP) is 5.25. The second-order valence-electron chi connectivity index (χ2n) is 3.99. The van der Waals surface area contributed by atoms with Crippen molar-refractivity contribution in [3.8, 4) is 11.1 Å². The third-order valence-electron chi connectivity index (χ3n) is 2.71. The van der Waals surface area contributed by atoms with Gasteiger partial charge in [-0.1, -0.05) is 24.3 Å². The van der Waals surface area contributed by atoms with E-state index in [1.807, 2.05) is 0 Å². The van der Waals surface area contributed by atoms with E-state index >= 15 is 0 Å². The molecule has 2 rings (SSSR count). The molecule has 0 N–H and O–H groups in total. The molecule has 0 aromatic heterocycles. The van der Waals surface area contributed by atoms with Crippen LogP contribution in [-0.4, -0.2) is 0 Å². The molecule has 0 nitrogen and oxygen atoms in total. The molecule has 0 saturated carbocycles. The predicted molar refractivity (Wildman–Crippen MR) is 66.4 cm³/mol. The molecule has 0 aliphatic heterocycles. The summed E-state index contributed by atoms with van der Waals surface area (Å²) in [5.74, 6) is -0.591. The fraction of sp³-hybridized carbons (Fsp3) is 0.143. The number of halogens is 5. The van der Waals surface area contributed by atoms with Gasteiger partial charge in [-0.05, 0) is 29.3 Å². The normalized spacial score (nSPS) is 11.6. The molecule has 0 spiro atoms. The molecule has 2 aromatic carbocycles. The summed E-state index contributed by atoms with van der Waals surface area (Å²) in [6.45, 7) is 0. The van der Waals surface area contributed by atoms with Crippen LogP contribution in [0.15, 0.2) is 42.5 Å². The van der Waals surface area contributed by atoms with Crippen molar-refractivity contribution < 1.29 is 17.6 Å². The summed E-state index contributed by atoms with van der Waals surface area (Å²) in [7, 11) is 0. The van der Waals surface area contributed by atoms with Gasteiger partial charge in [0.05, 0.1) is 5.56 Å². The third kappa shape index (κ3) is 2.89. The summed E-state index contributed by atoms with van der Waals surface area (Å²) in [5, 5.41) is 0. The number of alkyl halides is 4. The summed E-state index contributed by atoms with van der Waals surface area (Å²) in [5.41, 5.74) is -0.568. The zero-order valence-electron chi connectivity index (χ0n) is 9.64. The Hall–Kier alpha value is -1.55. The van der Waals surface area contributed by atoms with Gasteiger partial charge in [-0.3, -0.25) is 0 Å². The van der Waals surface area contributed by atoms with Gasteiger partial charge in [-0.25, -0.2) is 4.39 Å². The lowest BCUT2D eigenvalue weighted by Gasteiger charge is -2.14. The molecular weight excluding hydrogens is 280 g/mol. The van der Waals surface area contributed by atoms with Crippen LogP contribution in [0.3, 0.4) is 0 Å². The second-order valence-corrected chi connectivity index (χ2v) is 4.26. The van der Waals surface area contributed by atoms with E-state index in [4.69, 9.17) is 11.6 Å². The van der Waals surface area contributed by atoms with Crippen molar-refractivity contribution >= 4 is 11.6 Å². The van der Waals surface area contributed by atoms with Crippen molar-refractivity contribution in [3.05, 3.63) is 59.4 Å². The van der Waals surface area contributed by atoms with Crippen LogP contribution in [0.4, 0.5) is 17.6 Å². The molecule has 0 heterocycles. The molecule has 100 valence electrons. The maximum Gasteiger partial charge on any atom is 0.417 e. The van der Waals surface area contributed by atoms with Crippen LogP contribution < -0.4 is 0 Å². The highest BCUT2D eigenvalue weighted by atomic mass is 35.5. The molecule has 0 aliphatic rings. The van der Waals surface area contributed by atoms with E-state index in [0.29, 0.717) is 5.56 Å². The molecule has 0 amide bonds. The number of rotatable bonds is 2. The van der Waals surface area contributed by atoms with Gasteiger partial charge in [-0.2, -0.15) is 13.2 Å². The number of hydrogen-bond acceptors (Lipinski definition) is 0. The van der Waals surface area contributed by atoms with Crippen LogP contribution >= 0.6 is 11.6 Å². The Balaban J connectivity index is 2.65. The van der Waals surface area contributed by atoms with Crippen molar-refractivity contribution in [1.82, 2.24) is 0 Å². The Morgan fingerprint density at radius 3 is 2.26 bits per heavy atom. The van der Waals surface area contributed by atoms with Crippen LogP contribution in [-0.2, 0) is 12.1 Å². The first-order valence-electron chi connectivity index (χ1n) is 5.44. The van der Waals surface area contributed by atoms with Gasteiger partial charge in [0.1, 0.15) is 5.82 Å². The molecular formula is C14H9ClF4. The van der Waals surface area contributed by atoms with E-state index in [1.54, 1.807) is 0 Å². The Morgan fingerprint density at radius 1 is 0.947 bits per heavy atom. The van der Waals surface area contributed by atoms with Crippen LogP contribution in [0.2, 0.25) is 0 Å². The number of hydrogen-bond donors (Lipinski definition) is 0. The highest BCUT2D eigenvalue weighted by Gasteiger charge is 2.33. The van der Waals surface area contributed by atoms with Gasteiger partial charge in [0.25, 0.3) is 0 Å². The van der Waals surface area contributed by atoms with Crippen LogP contribution in [0.5, 0.6) is 0 Å². The van der Waals surface area contributed by atoms with Crippen molar-refractivity contribution in [2.75, 3.05) is 0 Å². The van der Waals surface area contributed by atoms with E-state index in [-0.39, 0.29) is 17.0 Å². The first kappa shape index (κ1) is 13.9. The summed E-state index contributed by atoms with van der Waals surface area (Å²) >= 11 is 5.62. The van der Waals surface area contributed by atoms with Crippen LogP contribution in [0.25, 0.3) is 11.1 Å². The largest absolute Gasteiger partial charge is 0.417 e. The average molecular weight is 289 g/mol. The van der Waals surface area contributed by atoms with Crippen LogP contribution in [0.1, 0.15) is 11.1 Å². The fourth-order valence-electron chi connectivity index (χ4n) is 1.83. The standard InChI is InChI=1S/C14H9ClF4/c15-8-9-5-6-13(16)11(7-9)10-3-1-2-4-12(10)14(17,18)19/h1-7H,8H2. The first-order valence-corrected chi connectivity index (χ1v) is 5.98. The molecule has 0 atom stereocenters. The zero-order chi connectivity index (χ0) is 14.0. The van der Waals surface area contributed by atoms with Crippen LogP contribution in [0, 0.1) is 5.82 Å². The Kier molecular flexibility index (Phi) is 3.80. The zero-order valence-corrected chi connectivity index (χ0v) is 10.4. The highest BCUT2D eigenvalue weighted by Crippen LogP contribution is 2.38. The van der Waals surface area contributed by atoms with Crippen molar-refractivity contribution in [2.45, 2.75) is 12.1 Å². The summed E-state index contributed by atoms with van der Waals surface area (Å²) < 4.78 is 52.4. The summed E-state index contributed by atoms with van der Waals surface area (Å²) in [6, 6.07) is 8.81. The second kappa shape index (κ2) is 5.21. The molecule has 0 fully saturated rings. The Labute approximate surface area is 112 Å². The lowest BCUT2D eigenvalue weighted by molar-refractivity contribution is -0.137. The van der Waals surface area contributed by atoms with Gasteiger partial charge < -0.3 is 0 Å². The van der Waals surface area contributed by atoms with E-state index in [9.17, 15) is 17.6 Å². The minimum atomic E-state index is -4.53. The Morgan fingerprint density at radius 2 is 1.63 bits per heavy atom. The topological polar surface area (TPSA) is 0 Å². The van der Waals surface area contributed by atoms with Crippen molar-refractivity contribution in [3.63, 3.8) is 0 Å². The smallest absolute Gasteiger partial charge is 0.206 e. The van der Waals surface area contributed by atoms with Gasteiger partial charge in [0.15, 0.2) is 0 Å². The maximum absolute atomic E-state index is 13.7. The molecule has 2 aromatic rings. The van der Waals surface area contributed by atoms with Gasteiger partial charge >= 0.3 is 6.18 Å². The summed E-state index contributed by atoms with van der Waals surface area (Å²) in [4.78, 5) is 0. The maximum atomic E-state index is 13.7. The van der Waals surface area contributed by atoms with E-state index in [2.05, 4.69) is 0 Å². The average Bonchev–Trinajstić information content (AvgIpc) is 2.38. The highest BCUT2D eigenvalue weighted by molar-refractivity contribution is 6.17. The molecule has 5 heteroatoms. The van der Waals surface area contributed by atoms with Gasteiger partial charge in [0.2, 0.25) is 0 Å². The summed E-state index contributed by atoms with van der Waals surface area (Å²) in [6.07, 6.45) is -4.53. The molecule has 0 saturated heterocycles. The van der Waals surface area contributed by atoms with E-state index in [1.165, 1.54) is 30.3 Å². The van der Waals surface area contributed by atoms with E-state index < -0.39 is 17.6 Å². The molecule has 0 unspecified atom stereocenters. The van der Waals surface area contributed by atoms with Crippen molar-refractivity contribution in [2.24, 2.45) is 0 Å². The lowest BCUT2D eigenvalue weighted by atomic mass is 9.97. The third-order valence-corrected chi connectivity index (χ3v) is 3.02. The molecule has 0 radical (unpaired) electrons. The fourth-order valence-corrected chi connectivity index (χ4v) is 1.99. The van der Waals surface area contributed by atoms with Gasteiger partial charge in [0, 0.05) is 11.4 Å². The first-order chi connectivity index (χ1) is 8.93. The SMILES string of the molecule is Fc1ccc(CCl)cc1-c1ccccc1C(F)(F)F. The minimum absolute atomic E-state index is 0.0916. The van der Waals surface area contributed by atoms with Crippen molar-refractivity contribution in [1.29, 1.82) is 0 Å². The molecule has 19 heavy (non-hydrogen) atoms. The van der Waals surface area contributed by atoms with E-state index in [0.717, 1.165) is 12.1 Å². The molecule has 0 bridgehead atoms. The Bertz CT molecular complexity index is 590. The molecule has 0 aliphatic carbocycles. The van der Waals surface area contributed by atoms with Gasteiger partial charge in [-0.15, -0.1) is 11.6 Å². The lowest BCUT2D eigenvalue weighted by Crippen LogP contribution is -2.07. The minimum Gasteiger partial charge on any atom is -0.206 e. The monoisotopic (exact) mass is 288 g/mol. The number of benzene rings is 2. The quantitative estimate of drug-likeness (QED) is 0.523.